The van der Waals surface area contributed by atoms with E-state index in [2.05, 4.69) is 5.32 Å². The first-order chi connectivity index (χ1) is 9.22. The molecule has 96 valence electrons. The van der Waals surface area contributed by atoms with Gasteiger partial charge in [0.2, 0.25) is 6.79 Å². The molecule has 2 aromatic carbocycles. The monoisotopic (exact) mass is 291 g/mol. The second kappa shape index (κ2) is 5.07. The summed E-state index contributed by atoms with van der Waals surface area (Å²) >= 11 is 11.2. The van der Waals surface area contributed by atoms with E-state index < -0.39 is 0 Å². The van der Waals surface area contributed by atoms with Crippen molar-refractivity contribution < 1.29 is 9.47 Å². The van der Waals surface area contributed by atoms with Crippen molar-refractivity contribution in [2.24, 2.45) is 0 Å². The van der Waals surface area contributed by atoms with Crippen LogP contribution >= 0.6 is 23.8 Å². The van der Waals surface area contributed by atoms with Crippen LogP contribution in [0.3, 0.4) is 0 Å². The number of nitrogens with one attached hydrogen (secondary N) is 1. The Hall–Kier alpha value is -1.78. The summed E-state index contributed by atoms with van der Waals surface area (Å²) in [6, 6.07) is 13.0. The lowest BCUT2D eigenvalue weighted by Crippen LogP contribution is -2.10. The molecule has 0 bridgehead atoms. The van der Waals surface area contributed by atoms with Gasteiger partial charge in [-0.15, -0.1) is 0 Å². The van der Waals surface area contributed by atoms with Crippen molar-refractivity contribution in [2.45, 2.75) is 0 Å². The molecule has 0 unspecified atom stereocenters. The SMILES string of the molecule is S=C(Nc1ccc2c(c1)OCO2)c1ccc(Cl)cc1. The molecule has 0 atom stereocenters. The Balaban J connectivity index is 1.77. The van der Waals surface area contributed by atoms with Gasteiger partial charge in [-0.05, 0) is 24.3 Å². The first-order valence-electron chi connectivity index (χ1n) is 5.69. The zero-order valence-electron chi connectivity index (χ0n) is 9.85. The molecule has 3 rings (SSSR count). The highest BCUT2D eigenvalue weighted by molar-refractivity contribution is 7.81. The van der Waals surface area contributed by atoms with Crippen molar-refractivity contribution in [3.8, 4) is 11.5 Å². The summed E-state index contributed by atoms with van der Waals surface area (Å²) in [5.41, 5.74) is 1.78. The number of halogens is 1. The minimum atomic E-state index is 0.264. The number of benzene rings is 2. The van der Waals surface area contributed by atoms with E-state index >= 15 is 0 Å². The van der Waals surface area contributed by atoms with Gasteiger partial charge in [-0.2, -0.15) is 0 Å². The molecule has 1 aliphatic rings. The van der Waals surface area contributed by atoms with Crippen LogP contribution in [0.1, 0.15) is 5.56 Å². The average Bonchev–Trinajstić information content (AvgIpc) is 2.87. The van der Waals surface area contributed by atoms with Gasteiger partial charge in [0.05, 0.1) is 0 Å². The standard InChI is InChI=1S/C14H10ClNO2S/c15-10-3-1-9(2-4-10)14(19)16-11-5-6-12-13(7-11)18-8-17-12/h1-7H,8H2,(H,16,19). The lowest BCUT2D eigenvalue weighted by atomic mass is 10.2. The molecule has 0 saturated heterocycles. The van der Waals surface area contributed by atoms with Gasteiger partial charge >= 0.3 is 0 Å². The summed E-state index contributed by atoms with van der Waals surface area (Å²) in [4.78, 5) is 0.635. The maximum absolute atomic E-state index is 5.85. The fraction of sp³-hybridized carbons (Fsp3) is 0.0714. The molecule has 0 aromatic heterocycles. The van der Waals surface area contributed by atoms with E-state index in [1.807, 2.05) is 42.5 Å². The van der Waals surface area contributed by atoms with Gasteiger partial charge in [-0.3, -0.25) is 0 Å². The zero-order chi connectivity index (χ0) is 13.2. The molecule has 3 nitrogen and oxygen atoms in total. The predicted molar refractivity (Wildman–Crippen MR) is 79.3 cm³/mol. The molecular formula is C14H10ClNO2S. The van der Waals surface area contributed by atoms with Gasteiger partial charge in [0.1, 0.15) is 4.99 Å². The summed E-state index contributed by atoms with van der Waals surface area (Å²) in [5, 5.41) is 3.85. The highest BCUT2D eigenvalue weighted by atomic mass is 35.5. The molecule has 1 aliphatic heterocycles. The third kappa shape index (κ3) is 2.64. The van der Waals surface area contributed by atoms with E-state index in [1.165, 1.54) is 0 Å². The molecule has 0 fully saturated rings. The second-order valence-corrected chi connectivity index (χ2v) is 4.87. The van der Waals surface area contributed by atoms with Crippen LogP contribution in [0.2, 0.25) is 5.02 Å². The quantitative estimate of drug-likeness (QED) is 0.851. The Morgan fingerprint density at radius 1 is 1.05 bits per heavy atom. The van der Waals surface area contributed by atoms with E-state index in [0.29, 0.717) is 10.0 Å². The average molecular weight is 292 g/mol. The fourth-order valence-electron chi connectivity index (χ4n) is 1.78. The normalized spacial score (nSPS) is 12.3. The van der Waals surface area contributed by atoms with Gasteiger partial charge < -0.3 is 14.8 Å². The first kappa shape index (κ1) is 12.3. The van der Waals surface area contributed by atoms with Crippen LogP contribution < -0.4 is 14.8 Å². The van der Waals surface area contributed by atoms with Crippen LogP contribution in [0.5, 0.6) is 11.5 Å². The third-order valence-electron chi connectivity index (χ3n) is 2.74. The number of rotatable bonds is 2. The van der Waals surface area contributed by atoms with Crippen molar-refractivity contribution in [1.29, 1.82) is 0 Å². The largest absolute Gasteiger partial charge is 0.454 e. The van der Waals surface area contributed by atoms with Gasteiger partial charge in [0, 0.05) is 22.3 Å². The number of fused-ring (bicyclic) bond motifs is 1. The Bertz CT molecular complexity index is 628. The molecule has 0 amide bonds. The fourth-order valence-corrected chi connectivity index (χ4v) is 2.16. The molecule has 19 heavy (non-hydrogen) atoms. The molecule has 2 aromatic rings. The van der Waals surface area contributed by atoms with Gasteiger partial charge in [0.15, 0.2) is 11.5 Å². The summed E-state index contributed by atoms with van der Waals surface area (Å²) in [6.07, 6.45) is 0. The smallest absolute Gasteiger partial charge is 0.231 e. The van der Waals surface area contributed by atoms with Crippen LogP contribution in [-0.4, -0.2) is 11.8 Å². The Morgan fingerprint density at radius 2 is 1.79 bits per heavy atom. The maximum Gasteiger partial charge on any atom is 0.231 e. The van der Waals surface area contributed by atoms with Gasteiger partial charge in [-0.1, -0.05) is 36.0 Å². The molecule has 0 radical (unpaired) electrons. The van der Waals surface area contributed by atoms with E-state index in [9.17, 15) is 0 Å². The first-order valence-corrected chi connectivity index (χ1v) is 6.47. The maximum atomic E-state index is 5.85. The van der Waals surface area contributed by atoms with E-state index in [4.69, 9.17) is 33.3 Å². The van der Waals surface area contributed by atoms with Crippen LogP contribution in [0.4, 0.5) is 5.69 Å². The number of hydrogen-bond donors (Lipinski definition) is 1. The Morgan fingerprint density at radius 3 is 2.58 bits per heavy atom. The topological polar surface area (TPSA) is 30.5 Å². The summed E-state index contributed by atoms with van der Waals surface area (Å²) in [6.45, 7) is 0.264. The summed E-state index contributed by atoms with van der Waals surface area (Å²) in [5.74, 6) is 1.48. The van der Waals surface area contributed by atoms with Crippen molar-refractivity contribution in [2.75, 3.05) is 12.1 Å². The lowest BCUT2D eigenvalue weighted by Gasteiger charge is -2.08. The third-order valence-corrected chi connectivity index (χ3v) is 3.33. The van der Waals surface area contributed by atoms with E-state index in [0.717, 1.165) is 22.7 Å². The lowest BCUT2D eigenvalue weighted by molar-refractivity contribution is 0.174. The molecule has 1 N–H and O–H groups in total. The van der Waals surface area contributed by atoms with Crippen molar-refractivity contribution in [3.05, 3.63) is 53.1 Å². The van der Waals surface area contributed by atoms with Crippen LogP contribution in [0.25, 0.3) is 0 Å². The molecule has 0 spiro atoms. The summed E-state index contributed by atoms with van der Waals surface area (Å²) in [7, 11) is 0. The van der Waals surface area contributed by atoms with Gasteiger partial charge in [0.25, 0.3) is 0 Å². The van der Waals surface area contributed by atoms with Crippen LogP contribution in [-0.2, 0) is 0 Å². The highest BCUT2D eigenvalue weighted by Crippen LogP contribution is 2.34. The number of hydrogen-bond acceptors (Lipinski definition) is 3. The molecule has 0 aliphatic carbocycles. The predicted octanol–water partition coefficient (Wildman–Crippen LogP) is 3.86. The Kier molecular flexibility index (Phi) is 3.27. The Labute approximate surface area is 121 Å². The minimum absolute atomic E-state index is 0.264. The number of anilines is 1. The van der Waals surface area contributed by atoms with Gasteiger partial charge in [-0.25, -0.2) is 0 Å². The van der Waals surface area contributed by atoms with Crippen molar-refractivity contribution in [3.63, 3.8) is 0 Å². The van der Waals surface area contributed by atoms with E-state index in [1.54, 1.807) is 0 Å². The number of thiocarbonyl (C=S) groups is 1. The zero-order valence-corrected chi connectivity index (χ0v) is 11.4. The van der Waals surface area contributed by atoms with Crippen molar-refractivity contribution in [1.82, 2.24) is 0 Å². The number of ether oxygens (including phenoxy) is 2. The minimum Gasteiger partial charge on any atom is -0.454 e. The molecule has 1 heterocycles. The van der Waals surface area contributed by atoms with Crippen LogP contribution in [0, 0.1) is 0 Å². The van der Waals surface area contributed by atoms with Crippen molar-refractivity contribution >= 4 is 34.5 Å². The highest BCUT2D eigenvalue weighted by Gasteiger charge is 2.13. The molecule has 5 heteroatoms. The van der Waals surface area contributed by atoms with Crippen LogP contribution in [0.15, 0.2) is 42.5 Å². The summed E-state index contributed by atoms with van der Waals surface area (Å²) < 4.78 is 10.6. The molecule has 0 saturated carbocycles. The van der Waals surface area contributed by atoms with E-state index in [-0.39, 0.29) is 6.79 Å². The molecular weight excluding hydrogens is 282 g/mol. The second-order valence-electron chi connectivity index (χ2n) is 4.03.